The van der Waals surface area contributed by atoms with Crippen molar-refractivity contribution in [1.29, 1.82) is 0 Å². The first-order valence-electron chi connectivity index (χ1n) is 7.45. The maximum atomic E-state index is 9.76. The van der Waals surface area contributed by atoms with Crippen molar-refractivity contribution in [3.8, 4) is 11.5 Å². The van der Waals surface area contributed by atoms with Crippen LogP contribution < -0.4 is 10.6 Å². The van der Waals surface area contributed by atoms with E-state index >= 15 is 0 Å². The van der Waals surface area contributed by atoms with Crippen molar-refractivity contribution in [2.75, 3.05) is 23.8 Å². The third-order valence-corrected chi connectivity index (χ3v) is 3.70. The van der Waals surface area contributed by atoms with Crippen molar-refractivity contribution in [3.63, 3.8) is 0 Å². The fourth-order valence-electron chi connectivity index (χ4n) is 2.49. The molecule has 0 aliphatic carbocycles. The van der Waals surface area contributed by atoms with E-state index in [1.165, 1.54) is 12.1 Å². The Morgan fingerprint density at radius 2 is 1.82 bits per heavy atom. The van der Waals surface area contributed by atoms with Gasteiger partial charge in [-0.05, 0) is 49.2 Å². The number of ether oxygens (including phenoxy) is 1. The van der Waals surface area contributed by atoms with E-state index in [2.05, 4.69) is 10.6 Å². The molecule has 0 bridgehead atoms. The lowest BCUT2D eigenvalue weighted by Gasteiger charge is -2.13. The van der Waals surface area contributed by atoms with Gasteiger partial charge < -0.3 is 25.6 Å². The minimum absolute atomic E-state index is 0.0144. The summed E-state index contributed by atoms with van der Waals surface area (Å²) in [6.07, 6.45) is 2.57. The molecule has 1 aliphatic heterocycles. The number of anilines is 3. The van der Waals surface area contributed by atoms with Crippen molar-refractivity contribution >= 4 is 17.1 Å². The summed E-state index contributed by atoms with van der Waals surface area (Å²) in [7, 11) is 0. The monoisotopic (exact) mass is 300 g/mol. The van der Waals surface area contributed by atoms with Crippen molar-refractivity contribution in [2.45, 2.75) is 18.9 Å². The minimum atomic E-state index is 0.0144. The Bertz CT molecular complexity index is 622. The fraction of sp³-hybridized carbons (Fsp3) is 0.294. The van der Waals surface area contributed by atoms with Crippen LogP contribution in [0.3, 0.4) is 0 Å². The number of rotatable bonds is 5. The third kappa shape index (κ3) is 3.62. The van der Waals surface area contributed by atoms with Gasteiger partial charge in [0.25, 0.3) is 0 Å². The van der Waals surface area contributed by atoms with Crippen LogP contribution in [0.15, 0.2) is 42.5 Å². The van der Waals surface area contributed by atoms with Gasteiger partial charge in [-0.15, -0.1) is 0 Å². The van der Waals surface area contributed by atoms with E-state index in [1.54, 1.807) is 6.07 Å². The predicted molar refractivity (Wildman–Crippen MR) is 87.0 cm³/mol. The molecule has 3 rings (SSSR count). The summed E-state index contributed by atoms with van der Waals surface area (Å²) in [5.41, 5.74) is 2.46. The number of hydrogen-bond acceptors (Lipinski definition) is 5. The summed E-state index contributed by atoms with van der Waals surface area (Å²) in [5, 5.41) is 25.5. The Kier molecular flexibility index (Phi) is 4.34. The second kappa shape index (κ2) is 6.58. The quantitative estimate of drug-likeness (QED) is 0.503. The summed E-state index contributed by atoms with van der Waals surface area (Å²) in [5.74, 6) is 0.0531. The molecular formula is C17H20N2O3. The maximum Gasteiger partial charge on any atom is 0.142 e. The van der Waals surface area contributed by atoms with Crippen LogP contribution in [0.25, 0.3) is 0 Å². The van der Waals surface area contributed by atoms with E-state index in [9.17, 15) is 10.2 Å². The van der Waals surface area contributed by atoms with Gasteiger partial charge in [0.1, 0.15) is 11.5 Å². The predicted octanol–water partition coefficient (Wildman–Crippen LogP) is 3.43. The molecule has 0 aromatic heterocycles. The SMILES string of the molecule is Oc1ccc(Nc2ccc(NCC3CCCO3)cc2)c(O)c1. The summed E-state index contributed by atoms with van der Waals surface area (Å²) in [6.45, 7) is 1.69. The lowest BCUT2D eigenvalue weighted by molar-refractivity contribution is 0.120. The van der Waals surface area contributed by atoms with Crippen LogP contribution in [-0.2, 0) is 4.74 Å². The van der Waals surface area contributed by atoms with Crippen LogP contribution >= 0.6 is 0 Å². The Hall–Kier alpha value is -2.40. The van der Waals surface area contributed by atoms with Crippen LogP contribution in [-0.4, -0.2) is 29.5 Å². The molecule has 1 aliphatic rings. The van der Waals surface area contributed by atoms with Gasteiger partial charge in [0.2, 0.25) is 0 Å². The van der Waals surface area contributed by atoms with Crippen molar-refractivity contribution < 1.29 is 14.9 Å². The highest BCUT2D eigenvalue weighted by molar-refractivity contribution is 5.68. The molecule has 0 amide bonds. The van der Waals surface area contributed by atoms with Gasteiger partial charge in [-0.2, -0.15) is 0 Å². The van der Waals surface area contributed by atoms with Gasteiger partial charge in [-0.1, -0.05) is 0 Å². The molecule has 0 spiro atoms. The van der Waals surface area contributed by atoms with Gasteiger partial charge in [-0.3, -0.25) is 0 Å². The fourth-order valence-corrected chi connectivity index (χ4v) is 2.49. The molecule has 4 N–H and O–H groups in total. The lowest BCUT2D eigenvalue weighted by atomic mass is 10.2. The first kappa shape index (κ1) is 14.5. The van der Waals surface area contributed by atoms with E-state index in [0.717, 1.165) is 37.4 Å². The third-order valence-electron chi connectivity index (χ3n) is 3.70. The van der Waals surface area contributed by atoms with Gasteiger partial charge in [0.05, 0.1) is 11.8 Å². The molecule has 1 fully saturated rings. The molecule has 116 valence electrons. The van der Waals surface area contributed by atoms with Crippen LogP contribution in [0.5, 0.6) is 11.5 Å². The number of aromatic hydroxyl groups is 2. The van der Waals surface area contributed by atoms with E-state index in [-0.39, 0.29) is 11.5 Å². The minimum Gasteiger partial charge on any atom is -0.508 e. The van der Waals surface area contributed by atoms with Crippen molar-refractivity contribution in [2.24, 2.45) is 0 Å². The number of benzene rings is 2. The number of nitrogens with one attached hydrogen (secondary N) is 2. The van der Waals surface area contributed by atoms with Gasteiger partial charge >= 0.3 is 0 Å². The summed E-state index contributed by atoms with van der Waals surface area (Å²) in [4.78, 5) is 0. The molecule has 2 aromatic rings. The highest BCUT2D eigenvalue weighted by Crippen LogP contribution is 2.30. The molecule has 1 unspecified atom stereocenters. The van der Waals surface area contributed by atoms with Crippen molar-refractivity contribution in [1.82, 2.24) is 0 Å². The smallest absolute Gasteiger partial charge is 0.142 e. The summed E-state index contributed by atoms with van der Waals surface area (Å²) >= 11 is 0. The zero-order chi connectivity index (χ0) is 15.4. The van der Waals surface area contributed by atoms with E-state index < -0.39 is 0 Å². The molecule has 1 saturated heterocycles. The summed E-state index contributed by atoms with van der Waals surface area (Å²) < 4.78 is 5.58. The Balaban J connectivity index is 1.58. The Morgan fingerprint density at radius 1 is 1.05 bits per heavy atom. The zero-order valence-electron chi connectivity index (χ0n) is 12.2. The van der Waals surface area contributed by atoms with Gasteiger partial charge in [0, 0.05) is 30.6 Å². The highest BCUT2D eigenvalue weighted by atomic mass is 16.5. The zero-order valence-corrected chi connectivity index (χ0v) is 12.2. The van der Waals surface area contributed by atoms with Crippen LogP contribution in [0.1, 0.15) is 12.8 Å². The molecule has 0 saturated carbocycles. The lowest BCUT2D eigenvalue weighted by Crippen LogP contribution is -2.18. The van der Waals surface area contributed by atoms with Crippen LogP contribution in [0.4, 0.5) is 17.1 Å². The first-order chi connectivity index (χ1) is 10.7. The van der Waals surface area contributed by atoms with Crippen LogP contribution in [0, 0.1) is 0 Å². The first-order valence-corrected chi connectivity index (χ1v) is 7.45. The molecule has 1 atom stereocenters. The topological polar surface area (TPSA) is 73.8 Å². The largest absolute Gasteiger partial charge is 0.508 e. The Morgan fingerprint density at radius 3 is 2.50 bits per heavy atom. The standard InChI is InChI=1S/C17H20N2O3/c20-14-7-8-16(17(21)10-14)19-13-5-3-12(4-6-13)18-11-15-2-1-9-22-15/h3-8,10,15,18-21H,1-2,9,11H2. The average Bonchev–Trinajstić information content (AvgIpc) is 3.03. The molecule has 22 heavy (non-hydrogen) atoms. The van der Waals surface area contributed by atoms with Crippen molar-refractivity contribution in [3.05, 3.63) is 42.5 Å². The van der Waals surface area contributed by atoms with E-state index in [1.807, 2.05) is 24.3 Å². The number of phenolic OH excluding ortho intramolecular Hbond substituents is 2. The van der Waals surface area contributed by atoms with Gasteiger partial charge in [-0.25, -0.2) is 0 Å². The second-order valence-corrected chi connectivity index (χ2v) is 5.42. The normalized spacial score (nSPS) is 17.4. The molecular weight excluding hydrogens is 280 g/mol. The molecule has 5 nitrogen and oxygen atoms in total. The Labute approximate surface area is 129 Å². The van der Waals surface area contributed by atoms with E-state index in [0.29, 0.717) is 11.8 Å². The molecule has 5 heteroatoms. The maximum absolute atomic E-state index is 9.76. The number of hydrogen-bond donors (Lipinski definition) is 4. The molecule has 0 radical (unpaired) electrons. The van der Waals surface area contributed by atoms with E-state index in [4.69, 9.17) is 4.74 Å². The molecule has 2 aromatic carbocycles. The molecule has 1 heterocycles. The highest BCUT2D eigenvalue weighted by Gasteiger charge is 2.14. The average molecular weight is 300 g/mol. The summed E-state index contributed by atoms with van der Waals surface area (Å²) in [6, 6.07) is 12.3. The van der Waals surface area contributed by atoms with Gasteiger partial charge in [0.15, 0.2) is 0 Å². The second-order valence-electron chi connectivity index (χ2n) is 5.42. The number of phenols is 2. The van der Waals surface area contributed by atoms with Crippen LogP contribution in [0.2, 0.25) is 0 Å².